The second-order valence-electron chi connectivity index (χ2n) is 2.25. The SMILES string of the molecule is [2H]C([2H])(C)c1ccc(B(O)O)cc1. The molecular weight excluding hydrogens is 139 g/mol. The standard InChI is InChI=1S/C8H11BO2/c1-2-7-3-5-8(6-4-7)9(10)11/h3-6,10-11H,2H2,1H3/i2D2. The Morgan fingerprint density at radius 2 is 1.91 bits per heavy atom. The quantitative estimate of drug-likeness (QED) is 0.582. The van der Waals surface area contributed by atoms with Gasteiger partial charge in [-0.1, -0.05) is 31.2 Å². The van der Waals surface area contributed by atoms with Crippen LogP contribution in [0.2, 0.25) is 0 Å². The Labute approximate surface area is 69.5 Å². The molecule has 3 heteroatoms. The highest BCUT2D eigenvalue weighted by molar-refractivity contribution is 6.58. The lowest BCUT2D eigenvalue weighted by Gasteiger charge is -1.99. The van der Waals surface area contributed by atoms with Crippen molar-refractivity contribution >= 4 is 12.6 Å². The van der Waals surface area contributed by atoms with E-state index in [4.69, 9.17) is 12.8 Å². The predicted molar refractivity (Wildman–Crippen MR) is 45.6 cm³/mol. The van der Waals surface area contributed by atoms with Gasteiger partial charge in [0, 0.05) is 2.74 Å². The second-order valence-corrected chi connectivity index (χ2v) is 2.25. The van der Waals surface area contributed by atoms with E-state index in [1.165, 1.54) is 19.1 Å². The number of benzene rings is 1. The van der Waals surface area contributed by atoms with Crippen molar-refractivity contribution in [3.63, 3.8) is 0 Å². The second kappa shape index (κ2) is 3.55. The Hall–Kier alpha value is -0.795. The molecule has 0 aliphatic rings. The number of aryl methyl sites for hydroxylation is 1. The minimum atomic E-state index is -1.49. The van der Waals surface area contributed by atoms with Gasteiger partial charge in [0.1, 0.15) is 0 Å². The molecule has 0 aliphatic heterocycles. The smallest absolute Gasteiger partial charge is 0.423 e. The first-order valence-corrected chi connectivity index (χ1v) is 3.38. The summed E-state index contributed by atoms with van der Waals surface area (Å²) < 4.78 is 14.8. The minimum absolute atomic E-state index is 0.369. The summed E-state index contributed by atoms with van der Waals surface area (Å²) in [6.45, 7) is 1.46. The van der Waals surface area contributed by atoms with E-state index in [0.717, 1.165) is 0 Å². The van der Waals surface area contributed by atoms with E-state index >= 15 is 0 Å². The maximum absolute atomic E-state index is 8.78. The number of rotatable bonds is 2. The Morgan fingerprint density at radius 3 is 2.27 bits per heavy atom. The first-order chi connectivity index (χ1) is 5.91. The zero-order chi connectivity index (χ0) is 10.1. The van der Waals surface area contributed by atoms with Crippen molar-refractivity contribution in [2.75, 3.05) is 0 Å². The highest BCUT2D eigenvalue weighted by atomic mass is 16.4. The molecule has 0 amide bonds. The summed E-state index contributed by atoms with van der Waals surface area (Å²) in [5.74, 6) is 0. The van der Waals surface area contributed by atoms with Crippen LogP contribution in [0.3, 0.4) is 0 Å². The summed E-state index contributed by atoms with van der Waals surface area (Å²) in [6.07, 6.45) is -1.39. The normalized spacial score (nSPS) is 13.7. The maximum atomic E-state index is 8.78. The molecule has 0 aliphatic carbocycles. The fraction of sp³-hybridized carbons (Fsp3) is 0.250. The van der Waals surface area contributed by atoms with Crippen LogP contribution < -0.4 is 5.46 Å². The molecule has 0 unspecified atom stereocenters. The van der Waals surface area contributed by atoms with Crippen LogP contribution in [0.25, 0.3) is 0 Å². The van der Waals surface area contributed by atoms with E-state index in [1.54, 1.807) is 12.1 Å². The van der Waals surface area contributed by atoms with Gasteiger partial charge >= 0.3 is 7.12 Å². The van der Waals surface area contributed by atoms with Gasteiger partial charge in [-0.05, 0) is 17.4 Å². The lowest BCUT2D eigenvalue weighted by Crippen LogP contribution is -2.29. The average molecular weight is 152 g/mol. The van der Waals surface area contributed by atoms with Gasteiger partial charge in [0.05, 0.1) is 0 Å². The van der Waals surface area contributed by atoms with E-state index < -0.39 is 13.5 Å². The van der Waals surface area contributed by atoms with E-state index in [-0.39, 0.29) is 0 Å². The highest BCUT2D eigenvalue weighted by Crippen LogP contribution is 1.96. The van der Waals surface area contributed by atoms with Crippen molar-refractivity contribution in [1.82, 2.24) is 0 Å². The molecule has 0 bridgehead atoms. The van der Waals surface area contributed by atoms with Crippen LogP contribution in [0.1, 0.15) is 15.2 Å². The number of hydrogen-bond donors (Lipinski definition) is 2. The highest BCUT2D eigenvalue weighted by Gasteiger charge is 2.08. The maximum Gasteiger partial charge on any atom is 0.488 e. The Morgan fingerprint density at radius 1 is 1.36 bits per heavy atom. The van der Waals surface area contributed by atoms with Crippen LogP contribution in [-0.4, -0.2) is 17.2 Å². The van der Waals surface area contributed by atoms with Crippen LogP contribution in [0.5, 0.6) is 0 Å². The molecule has 0 fully saturated rings. The van der Waals surface area contributed by atoms with Crippen molar-refractivity contribution < 1.29 is 12.8 Å². The summed E-state index contributed by atoms with van der Waals surface area (Å²) >= 11 is 0. The third-order valence-electron chi connectivity index (χ3n) is 1.50. The monoisotopic (exact) mass is 152 g/mol. The van der Waals surface area contributed by atoms with Crippen LogP contribution in [0.4, 0.5) is 0 Å². The fourth-order valence-corrected chi connectivity index (χ4v) is 0.822. The average Bonchev–Trinajstić information content (AvgIpc) is 2.03. The molecule has 0 spiro atoms. The first kappa shape index (κ1) is 5.80. The van der Waals surface area contributed by atoms with Crippen molar-refractivity contribution in [1.29, 1.82) is 0 Å². The van der Waals surface area contributed by atoms with E-state index in [0.29, 0.717) is 11.0 Å². The summed E-state index contributed by atoms with van der Waals surface area (Å²) in [4.78, 5) is 0. The van der Waals surface area contributed by atoms with Crippen molar-refractivity contribution in [2.24, 2.45) is 0 Å². The summed E-state index contributed by atoms with van der Waals surface area (Å²) in [5, 5.41) is 17.6. The zero-order valence-corrected chi connectivity index (χ0v) is 6.28. The molecule has 0 saturated heterocycles. The van der Waals surface area contributed by atoms with Crippen LogP contribution in [0, 0.1) is 0 Å². The van der Waals surface area contributed by atoms with E-state index in [2.05, 4.69) is 0 Å². The predicted octanol–water partition coefficient (Wildman–Crippen LogP) is -0.0712. The minimum Gasteiger partial charge on any atom is -0.423 e. The molecule has 0 saturated carbocycles. The van der Waals surface area contributed by atoms with E-state index in [1.807, 2.05) is 0 Å². The third-order valence-corrected chi connectivity index (χ3v) is 1.50. The van der Waals surface area contributed by atoms with Gasteiger partial charge in [0.15, 0.2) is 0 Å². The summed E-state index contributed by atoms with van der Waals surface area (Å²) in [6, 6.07) is 6.10. The molecule has 0 heterocycles. The van der Waals surface area contributed by atoms with Crippen molar-refractivity contribution in [2.45, 2.75) is 13.3 Å². The van der Waals surface area contributed by atoms with Gasteiger partial charge in [0.2, 0.25) is 0 Å². The summed E-state index contributed by atoms with van der Waals surface area (Å²) in [5.41, 5.74) is 0.893. The first-order valence-electron chi connectivity index (χ1n) is 4.38. The van der Waals surface area contributed by atoms with Crippen molar-refractivity contribution in [3.05, 3.63) is 29.8 Å². The van der Waals surface area contributed by atoms with Gasteiger partial charge in [-0.3, -0.25) is 0 Å². The van der Waals surface area contributed by atoms with Gasteiger partial charge in [0.25, 0.3) is 0 Å². The van der Waals surface area contributed by atoms with Gasteiger partial charge in [-0.2, -0.15) is 0 Å². The fourth-order valence-electron chi connectivity index (χ4n) is 0.822. The topological polar surface area (TPSA) is 40.5 Å². The molecule has 0 radical (unpaired) electrons. The molecule has 1 aromatic carbocycles. The van der Waals surface area contributed by atoms with Gasteiger partial charge < -0.3 is 10.0 Å². The number of hydrogen-bond acceptors (Lipinski definition) is 2. The molecule has 0 aromatic heterocycles. The molecule has 11 heavy (non-hydrogen) atoms. The summed E-state index contributed by atoms with van der Waals surface area (Å²) in [7, 11) is -1.49. The lowest BCUT2D eigenvalue weighted by molar-refractivity contribution is 0.426. The molecule has 58 valence electrons. The van der Waals surface area contributed by atoms with Crippen molar-refractivity contribution in [3.8, 4) is 0 Å². The Balaban J connectivity index is 2.94. The molecule has 1 rings (SSSR count). The Bertz CT molecular complexity index is 279. The van der Waals surface area contributed by atoms with Gasteiger partial charge in [-0.25, -0.2) is 0 Å². The van der Waals surface area contributed by atoms with Crippen LogP contribution in [-0.2, 0) is 6.37 Å². The third kappa shape index (κ3) is 2.07. The zero-order valence-electron chi connectivity index (χ0n) is 8.28. The lowest BCUT2D eigenvalue weighted by atomic mass is 9.80. The van der Waals surface area contributed by atoms with Crippen LogP contribution >= 0.6 is 0 Å². The van der Waals surface area contributed by atoms with E-state index in [9.17, 15) is 0 Å². The Kier molecular flexibility index (Phi) is 1.88. The largest absolute Gasteiger partial charge is 0.488 e. The molecular formula is C8H11BO2. The molecule has 1 aromatic rings. The molecule has 0 atom stereocenters. The molecule has 2 nitrogen and oxygen atoms in total. The molecule has 2 N–H and O–H groups in total. The van der Waals surface area contributed by atoms with Gasteiger partial charge in [-0.15, -0.1) is 0 Å². The van der Waals surface area contributed by atoms with Crippen LogP contribution in [0.15, 0.2) is 24.3 Å².